The van der Waals surface area contributed by atoms with Gasteiger partial charge in [-0.2, -0.15) is 16.8 Å². The maximum Gasteiger partial charge on any atom is 0.323 e. The summed E-state index contributed by atoms with van der Waals surface area (Å²) >= 11 is 0. The third kappa shape index (κ3) is 7.79. The minimum absolute atomic E-state index is 0.0879. The van der Waals surface area contributed by atoms with Gasteiger partial charge in [0.2, 0.25) is 0 Å². The molecule has 0 atom stereocenters. The molecule has 6 rings (SSSR count). The second-order valence-electron chi connectivity index (χ2n) is 12.2. The van der Waals surface area contributed by atoms with Gasteiger partial charge in [0.05, 0.1) is 0 Å². The minimum Gasteiger partial charge on any atom is -0.508 e. The summed E-state index contributed by atoms with van der Waals surface area (Å²) in [5.41, 5.74) is 2.57. The Hall–Kier alpha value is -6.53. The van der Waals surface area contributed by atoms with Crippen LogP contribution in [-0.2, 0) is 20.2 Å². The number of amides is 4. The van der Waals surface area contributed by atoms with Gasteiger partial charge in [-0.05, 0) is 85.6 Å². The molecular formula is C37H30N4O11S2. The first-order valence-corrected chi connectivity index (χ1v) is 18.7. The van der Waals surface area contributed by atoms with E-state index in [-0.39, 0.29) is 44.0 Å². The van der Waals surface area contributed by atoms with Crippen molar-refractivity contribution in [1.82, 2.24) is 0 Å². The molecule has 0 aromatic heterocycles. The monoisotopic (exact) mass is 770 g/mol. The largest absolute Gasteiger partial charge is 0.508 e. The predicted molar refractivity (Wildman–Crippen MR) is 202 cm³/mol. The fourth-order valence-corrected chi connectivity index (χ4v) is 7.33. The fraction of sp³-hybridized carbons (Fsp3) is 0.0541. The molecule has 8 N–H and O–H groups in total. The Morgan fingerprint density at radius 2 is 0.870 bits per heavy atom. The Bertz CT molecular complexity index is 2600. The summed E-state index contributed by atoms with van der Waals surface area (Å²) < 4.78 is 66.7. The maximum atomic E-state index is 13.2. The SMILES string of the molecule is Cc1cc(C(=O)Nc2cccc3c(S(=O)(=O)O)cc(O)cc23)ccc1NC(=O)Nc1ccc(C(=O)Nc2cccc3c(S(=O)(=O)O)cc(O)cc23)cc1C. The first-order valence-electron chi connectivity index (χ1n) is 15.8. The molecule has 0 saturated heterocycles. The van der Waals surface area contributed by atoms with Crippen molar-refractivity contribution >= 4 is 82.4 Å². The molecule has 15 nitrogen and oxygen atoms in total. The van der Waals surface area contributed by atoms with Crippen molar-refractivity contribution in [2.24, 2.45) is 0 Å². The van der Waals surface area contributed by atoms with Crippen LogP contribution in [0.15, 0.2) is 107 Å². The number of phenolic OH excluding ortho intramolecular Hbond substituents is 2. The van der Waals surface area contributed by atoms with Gasteiger partial charge in [-0.25, -0.2) is 4.79 Å². The molecule has 4 amide bonds. The van der Waals surface area contributed by atoms with Crippen LogP contribution in [0.1, 0.15) is 31.8 Å². The molecule has 0 fully saturated rings. The summed E-state index contributed by atoms with van der Waals surface area (Å²) in [6, 6.07) is 21.5. The smallest absolute Gasteiger partial charge is 0.323 e. The first kappa shape index (κ1) is 37.2. The van der Waals surface area contributed by atoms with Crippen LogP contribution in [0.25, 0.3) is 21.5 Å². The quantitative estimate of drug-likeness (QED) is 0.0760. The highest BCUT2D eigenvalue weighted by Gasteiger charge is 2.20. The molecule has 17 heteroatoms. The van der Waals surface area contributed by atoms with Crippen LogP contribution in [0.2, 0.25) is 0 Å². The molecule has 0 aliphatic heterocycles. The number of hydrogen-bond acceptors (Lipinski definition) is 9. The van der Waals surface area contributed by atoms with Gasteiger partial charge in [-0.15, -0.1) is 0 Å². The predicted octanol–water partition coefficient (Wildman–Crippen LogP) is 6.66. The number of nitrogens with one attached hydrogen (secondary N) is 4. The number of fused-ring (bicyclic) bond motifs is 2. The lowest BCUT2D eigenvalue weighted by Crippen LogP contribution is -2.21. The van der Waals surface area contributed by atoms with E-state index in [0.29, 0.717) is 22.5 Å². The number of anilines is 4. The zero-order valence-corrected chi connectivity index (χ0v) is 29.8. The third-order valence-corrected chi connectivity index (χ3v) is 10.2. The zero-order chi connectivity index (χ0) is 39.1. The van der Waals surface area contributed by atoms with Crippen molar-refractivity contribution in [2.45, 2.75) is 23.6 Å². The number of rotatable bonds is 8. The second-order valence-corrected chi connectivity index (χ2v) is 15.0. The highest BCUT2D eigenvalue weighted by Crippen LogP contribution is 2.35. The molecule has 0 unspecified atom stereocenters. The van der Waals surface area contributed by atoms with Crippen molar-refractivity contribution in [3.8, 4) is 11.5 Å². The Labute approximate surface area is 307 Å². The van der Waals surface area contributed by atoms with E-state index in [9.17, 15) is 50.5 Å². The van der Waals surface area contributed by atoms with Gasteiger partial charge in [0.25, 0.3) is 32.1 Å². The molecule has 0 radical (unpaired) electrons. The number of benzene rings is 6. The van der Waals surface area contributed by atoms with Gasteiger partial charge >= 0.3 is 6.03 Å². The third-order valence-electron chi connectivity index (χ3n) is 8.41. The van der Waals surface area contributed by atoms with E-state index in [1.54, 1.807) is 13.8 Å². The summed E-state index contributed by atoms with van der Waals surface area (Å²) in [6.07, 6.45) is 0. The maximum absolute atomic E-state index is 13.2. The van der Waals surface area contributed by atoms with E-state index in [1.807, 2.05) is 0 Å². The lowest BCUT2D eigenvalue weighted by molar-refractivity contribution is 0.101. The van der Waals surface area contributed by atoms with Gasteiger partial charge in [0.1, 0.15) is 21.3 Å². The normalized spacial score (nSPS) is 11.6. The molecule has 0 aliphatic carbocycles. The molecule has 54 heavy (non-hydrogen) atoms. The molecule has 6 aromatic carbocycles. The van der Waals surface area contributed by atoms with Gasteiger partial charge in [0, 0.05) is 67.6 Å². The van der Waals surface area contributed by atoms with E-state index in [1.165, 1.54) is 84.9 Å². The number of carbonyl (C=O) groups is 3. The summed E-state index contributed by atoms with van der Waals surface area (Å²) in [4.78, 5) is 38.3. The van der Waals surface area contributed by atoms with Gasteiger partial charge in [-0.1, -0.05) is 24.3 Å². The number of urea groups is 1. The molecule has 0 heterocycles. The van der Waals surface area contributed by atoms with Crippen molar-refractivity contribution in [3.05, 3.63) is 119 Å². The molecule has 0 saturated carbocycles. The number of aryl methyl sites for hydroxylation is 2. The standard InChI is InChI=1S/C37H30N4O11S2/c1-19-13-21(35(44)38-31-7-3-5-25-27(31)15-23(42)17-33(25)53(47,48)49)9-11-29(19)40-37(46)41-30-12-10-22(14-20(30)2)36(45)39-32-8-4-6-26-28(32)16-24(43)18-34(26)54(50,51)52/h3-18,42-43H,1-2H3,(H,38,44)(H,39,45)(H2,40,41,46)(H,47,48,49)(H,50,51,52). The van der Waals surface area contributed by atoms with Gasteiger partial charge in [-0.3, -0.25) is 18.7 Å². The van der Waals surface area contributed by atoms with E-state index in [2.05, 4.69) is 21.3 Å². The van der Waals surface area contributed by atoms with E-state index in [4.69, 9.17) is 0 Å². The lowest BCUT2D eigenvalue weighted by atomic mass is 10.1. The number of carbonyl (C=O) groups excluding carboxylic acids is 3. The summed E-state index contributed by atoms with van der Waals surface area (Å²) in [5, 5.41) is 31.5. The zero-order valence-electron chi connectivity index (χ0n) is 28.2. The number of phenols is 2. The lowest BCUT2D eigenvalue weighted by Gasteiger charge is -2.15. The molecule has 0 bridgehead atoms. The van der Waals surface area contributed by atoms with Crippen LogP contribution in [0.4, 0.5) is 27.5 Å². The number of hydrogen-bond donors (Lipinski definition) is 8. The van der Waals surface area contributed by atoms with Crippen molar-refractivity contribution in [1.29, 1.82) is 0 Å². The van der Waals surface area contributed by atoms with Crippen molar-refractivity contribution in [2.75, 3.05) is 21.3 Å². The topological polar surface area (TPSA) is 249 Å². The van der Waals surface area contributed by atoms with E-state index in [0.717, 1.165) is 12.1 Å². The summed E-state index contributed by atoms with van der Waals surface area (Å²) in [7, 11) is -9.35. The van der Waals surface area contributed by atoms with Crippen LogP contribution in [0.5, 0.6) is 11.5 Å². The molecule has 0 spiro atoms. The molecular weight excluding hydrogens is 741 g/mol. The van der Waals surface area contributed by atoms with Gasteiger partial charge < -0.3 is 31.5 Å². The minimum atomic E-state index is -4.68. The van der Waals surface area contributed by atoms with Crippen LogP contribution in [-0.4, -0.2) is 54.0 Å². The van der Waals surface area contributed by atoms with Crippen LogP contribution >= 0.6 is 0 Å². The van der Waals surface area contributed by atoms with Crippen LogP contribution in [0.3, 0.4) is 0 Å². The average molecular weight is 771 g/mol. The number of aromatic hydroxyl groups is 2. The van der Waals surface area contributed by atoms with Crippen molar-refractivity contribution in [3.63, 3.8) is 0 Å². The summed E-state index contributed by atoms with van der Waals surface area (Å²) in [5.74, 6) is -2.00. The Morgan fingerprint density at radius 1 is 0.481 bits per heavy atom. The first-order chi connectivity index (χ1) is 25.4. The Morgan fingerprint density at radius 3 is 1.22 bits per heavy atom. The molecule has 276 valence electrons. The van der Waals surface area contributed by atoms with E-state index < -0.39 is 59.4 Å². The molecule has 0 aliphatic rings. The van der Waals surface area contributed by atoms with Crippen LogP contribution < -0.4 is 21.3 Å². The average Bonchev–Trinajstić information content (AvgIpc) is 3.09. The Balaban J connectivity index is 1.13. The second kappa shape index (κ2) is 14.1. The van der Waals surface area contributed by atoms with E-state index >= 15 is 0 Å². The Kier molecular flexibility index (Phi) is 9.74. The highest BCUT2D eigenvalue weighted by molar-refractivity contribution is 7.86. The van der Waals surface area contributed by atoms with Crippen LogP contribution in [0, 0.1) is 13.8 Å². The highest BCUT2D eigenvalue weighted by atomic mass is 32.2. The fourth-order valence-electron chi connectivity index (χ4n) is 5.87. The molecule has 6 aromatic rings. The van der Waals surface area contributed by atoms with Crippen molar-refractivity contribution < 1.29 is 50.5 Å². The summed E-state index contributed by atoms with van der Waals surface area (Å²) in [6.45, 7) is 3.33. The van der Waals surface area contributed by atoms with Gasteiger partial charge in [0.15, 0.2) is 0 Å².